The SMILES string of the molecule is COc1cc2c(cc1OC)C(CCCCO)=NCC2. The van der Waals surface area contributed by atoms with E-state index in [1.807, 2.05) is 6.07 Å². The van der Waals surface area contributed by atoms with E-state index in [1.54, 1.807) is 14.2 Å². The highest BCUT2D eigenvalue weighted by molar-refractivity contribution is 6.03. The number of fused-ring (bicyclic) bond motifs is 1. The van der Waals surface area contributed by atoms with Crippen molar-refractivity contribution < 1.29 is 14.6 Å². The molecule has 104 valence electrons. The van der Waals surface area contributed by atoms with Crippen LogP contribution in [0.1, 0.15) is 30.4 Å². The molecule has 2 rings (SSSR count). The van der Waals surface area contributed by atoms with Gasteiger partial charge in [0.05, 0.1) is 14.2 Å². The smallest absolute Gasteiger partial charge is 0.161 e. The molecule has 0 aromatic heterocycles. The fourth-order valence-corrected chi connectivity index (χ4v) is 2.41. The summed E-state index contributed by atoms with van der Waals surface area (Å²) in [4.78, 5) is 4.61. The van der Waals surface area contributed by atoms with Crippen molar-refractivity contribution in [2.45, 2.75) is 25.7 Å². The van der Waals surface area contributed by atoms with Crippen molar-refractivity contribution in [3.63, 3.8) is 0 Å². The lowest BCUT2D eigenvalue weighted by Crippen LogP contribution is -2.13. The van der Waals surface area contributed by atoms with Crippen LogP contribution in [0.3, 0.4) is 0 Å². The molecular weight excluding hydrogens is 242 g/mol. The molecule has 0 aliphatic carbocycles. The van der Waals surface area contributed by atoms with Gasteiger partial charge in [-0.2, -0.15) is 0 Å². The lowest BCUT2D eigenvalue weighted by atomic mass is 9.94. The molecular formula is C15H21NO3. The zero-order chi connectivity index (χ0) is 13.7. The maximum Gasteiger partial charge on any atom is 0.161 e. The number of rotatable bonds is 6. The lowest BCUT2D eigenvalue weighted by molar-refractivity contribution is 0.285. The topological polar surface area (TPSA) is 51.0 Å². The third kappa shape index (κ3) is 3.07. The first-order valence-corrected chi connectivity index (χ1v) is 6.69. The summed E-state index contributed by atoms with van der Waals surface area (Å²) in [5, 5.41) is 8.87. The molecule has 0 radical (unpaired) electrons. The van der Waals surface area contributed by atoms with Gasteiger partial charge in [0, 0.05) is 24.4 Å². The van der Waals surface area contributed by atoms with Crippen molar-refractivity contribution in [1.29, 1.82) is 0 Å². The van der Waals surface area contributed by atoms with Crippen molar-refractivity contribution in [2.24, 2.45) is 4.99 Å². The third-order valence-electron chi connectivity index (χ3n) is 3.43. The van der Waals surface area contributed by atoms with Gasteiger partial charge in [-0.3, -0.25) is 4.99 Å². The molecule has 0 spiro atoms. The Labute approximate surface area is 114 Å². The van der Waals surface area contributed by atoms with Crippen LogP contribution in [-0.4, -0.2) is 38.2 Å². The van der Waals surface area contributed by atoms with Crippen molar-refractivity contribution in [3.8, 4) is 11.5 Å². The summed E-state index contributed by atoms with van der Waals surface area (Å²) in [6, 6.07) is 4.07. The highest BCUT2D eigenvalue weighted by Crippen LogP contribution is 2.33. The number of ether oxygens (including phenoxy) is 2. The number of aliphatic hydroxyl groups excluding tert-OH is 1. The summed E-state index contributed by atoms with van der Waals surface area (Å²) >= 11 is 0. The van der Waals surface area contributed by atoms with Crippen LogP contribution in [0, 0.1) is 0 Å². The first-order chi connectivity index (χ1) is 9.30. The van der Waals surface area contributed by atoms with Gasteiger partial charge in [0.1, 0.15) is 0 Å². The van der Waals surface area contributed by atoms with Gasteiger partial charge in [-0.15, -0.1) is 0 Å². The summed E-state index contributed by atoms with van der Waals surface area (Å²) in [5.41, 5.74) is 3.56. The Morgan fingerprint density at radius 1 is 1.16 bits per heavy atom. The molecule has 0 saturated heterocycles. The van der Waals surface area contributed by atoms with Crippen LogP contribution in [-0.2, 0) is 6.42 Å². The molecule has 0 unspecified atom stereocenters. The lowest BCUT2D eigenvalue weighted by Gasteiger charge is -2.19. The zero-order valence-corrected chi connectivity index (χ0v) is 11.6. The molecule has 1 aliphatic rings. The molecule has 1 N–H and O–H groups in total. The molecule has 1 aromatic rings. The molecule has 0 fully saturated rings. The quantitative estimate of drug-likeness (QED) is 0.801. The highest BCUT2D eigenvalue weighted by Gasteiger charge is 2.17. The van der Waals surface area contributed by atoms with E-state index in [0.717, 1.165) is 49.4 Å². The van der Waals surface area contributed by atoms with Crippen LogP contribution >= 0.6 is 0 Å². The highest BCUT2D eigenvalue weighted by atomic mass is 16.5. The fourth-order valence-electron chi connectivity index (χ4n) is 2.41. The standard InChI is InChI=1S/C15H21NO3/c1-18-14-9-11-6-7-16-13(5-3-4-8-17)12(11)10-15(14)19-2/h9-10,17H,3-8H2,1-2H3. The monoisotopic (exact) mass is 263 g/mol. The van der Waals surface area contributed by atoms with Gasteiger partial charge in [0.25, 0.3) is 0 Å². The van der Waals surface area contributed by atoms with Crippen LogP contribution in [0.15, 0.2) is 17.1 Å². The molecule has 0 atom stereocenters. The Morgan fingerprint density at radius 3 is 2.58 bits per heavy atom. The van der Waals surface area contributed by atoms with Crippen LogP contribution in [0.25, 0.3) is 0 Å². The molecule has 0 bridgehead atoms. The predicted octanol–water partition coefficient (Wildman–Crippen LogP) is 2.21. The molecule has 0 amide bonds. The van der Waals surface area contributed by atoms with Crippen LogP contribution in [0.2, 0.25) is 0 Å². The summed E-state index contributed by atoms with van der Waals surface area (Å²) in [5.74, 6) is 1.52. The summed E-state index contributed by atoms with van der Waals surface area (Å²) in [7, 11) is 3.30. The summed E-state index contributed by atoms with van der Waals surface area (Å²) in [6.07, 6.45) is 3.63. The van der Waals surface area contributed by atoms with Gasteiger partial charge in [-0.1, -0.05) is 0 Å². The van der Waals surface area contributed by atoms with E-state index in [4.69, 9.17) is 14.6 Å². The fraction of sp³-hybridized carbons (Fsp3) is 0.533. The Kier molecular flexibility index (Phi) is 4.80. The molecule has 1 aliphatic heterocycles. The van der Waals surface area contributed by atoms with Gasteiger partial charge < -0.3 is 14.6 Å². The predicted molar refractivity (Wildman–Crippen MR) is 75.6 cm³/mol. The number of methoxy groups -OCH3 is 2. The van der Waals surface area contributed by atoms with E-state index >= 15 is 0 Å². The van der Waals surface area contributed by atoms with Crippen molar-refractivity contribution in [3.05, 3.63) is 23.3 Å². The first-order valence-electron chi connectivity index (χ1n) is 6.69. The summed E-state index contributed by atoms with van der Waals surface area (Å²) < 4.78 is 10.7. The third-order valence-corrected chi connectivity index (χ3v) is 3.43. The minimum Gasteiger partial charge on any atom is -0.493 e. The molecule has 0 saturated carbocycles. The normalized spacial score (nSPS) is 13.7. The van der Waals surface area contributed by atoms with Crippen molar-refractivity contribution >= 4 is 5.71 Å². The number of unbranched alkanes of at least 4 members (excludes halogenated alkanes) is 1. The van der Waals surface area contributed by atoms with Crippen LogP contribution in [0.4, 0.5) is 0 Å². The van der Waals surface area contributed by atoms with Gasteiger partial charge in [-0.05, 0) is 43.4 Å². The number of benzene rings is 1. The Hall–Kier alpha value is -1.55. The van der Waals surface area contributed by atoms with E-state index in [1.165, 1.54) is 11.1 Å². The van der Waals surface area contributed by atoms with Gasteiger partial charge in [-0.25, -0.2) is 0 Å². The van der Waals surface area contributed by atoms with E-state index in [-0.39, 0.29) is 6.61 Å². The van der Waals surface area contributed by atoms with Crippen molar-refractivity contribution in [1.82, 2.24) is 0 Å². The average molecular weight is 263 g/mol. The Bertz CT molecular complexity index is 469. The number of hydrogen-bond donors (Lipinski definition) is 1. The molecule has 19 heavy (non-hydrogen) atoms. The van der Waals surface area contributed by atoms with Gasteiger partial charge >= 0.3 is 0 Å². The zero-order valence-electron chi connectivity index (χ0n) is 11.6. The Balaban J connectivity index is 2.27. The minimum absolute atomic E-state index is 0.242. The molecule has 1 heterocycles. The maximum absolute atomic E-state index is 8.87. The Morgan fingerprint density at radius 2 is 1.89 bits per heavy atom. The molecule has 4 nitrogen and oxygen atoms in total. The van der Waals surface area contributed by atoms with E-state index in [9.17, 15) is 0 Å². The van der Waals surface area contributed by atoms with Crippen molar-refractivity contribution in [2.75, 3.05) is 27.4 Å². The first kappa shape index (κ1) is 13.9. The van der Waals surface area contributed by atoms with Crippen LogP contribution < -0.4 is 9.47 Å². The number of hydrogen-bond acceptors (Lipinski definition) is 4. The molecule has 1 aromatic carbocycles. The van der Waals surface area contributed by atoms with Crippen LogP contribution in [0.5, 0.6) is 11.5 Å². The second kappa shape index (κ2) is 6.57. The largest absolute Gasteiger partial charge is 0.493 e. The van der Waals surface area contributed by atoms with Gasteiger partial charge in [0.2, 0.25) is 0 Å². The number of aliphatic hydroxyl groups is 1. The second-order valence-corrected chi connectivity index (χ2v) is 4.62. The average Bonchev–Trinajstić information content (AvgIpc) is 2.46. The van der Waals surface area contributed by atoms with Gasteiger partial charge in [0.15, 0.2) is 11.5 Å². The number of aliphatic imine (C=N–C) groups is 1. The maximum atomic E-state index is 8.87. The minimum atomic E-state index is 0.242. The number of nitrogens with zero attached hydrogens (tertiary/aromatic N) is 1. The second-order valence-electron chi connectivity index (χ2n) is 4.62. The summed E-state index contributed by atoms with van der Waals surface area (Å²) in [6.45, 7) is 1.07. The molecule has 4 heteroatoms. The van der Waals surface area contributed by atoms with E-state index < -0.39 is 0 Å². The van der Waals surface area contributed by atoms with E-state index in [2.05, 4.69) is 11.1 Å². The van der Waals surface area contributed by atoms with E-state index in [0.29, 0.717) is 0 Å².